The molecule has 0 saturated carbocycles. The number of aromatic amines is 3. The van der Waals surface area contributed by atoms with Crippen molar-refractivity contribution in [2.24, 2.45) is 28.7 Å². The first-order valence-electron chi connectivity index (χ1n) is 35.4. The van der Waals surface area contributed by atoms with Crippen LogP contribution in [0.4, 0.5) is 0 Å². The first kappa shape index (κ1) is 79.1. The Morgan fingerprint density at radius 3 is 0.990 bits per heavy atom. The van der Waals surface area contributed by atoms with Crippen molar-refractivity contribution in [3.05, 3.63) is 180 Å². The van der Waals surface area contributed by atoms with Gasteiger partial charge in [0.15, 0.2) is 11.9 Å². The van der Waals surface area contributed by atoms with Gasteiger partial charge < -0.3 is 102 Å². The molecule has 0 spiro atoms. The van der Waals surface area contributed by atoms with E-state index < -0.39 is 108 Å². The number of nitrogens with one attached hydrogen (secondary N) is 15. The molecule has 9 atom stereocenters. The Labute approximate surface area is 607 Å². The highest BCUT2D eigenvalue weighted by Crippen LogP contribution is 2.24. The van der Waals surface area contributed by atoms with E-state index in [9.17, 15) is 24.3 Å². The maximum Gasteiger partial charge on any atom is 0.326 e. The van der Waals surface area contributed by atoms with E-state index in [1.165, 1.54) is 0 Å². The number of unbranched alkanes of at least 4 members (excludes halogenated alkanes) is 2. The zero-order chi connectivity index (χ0) is 75.2. The Hall–Kier alpha value is -11.6. The molecule has 0 aliphatic rings. The molecule has 0 aliphatic carbocycles. The van der Waals surface area contributed by atoms with Gasteiger partial charge in [0.2, 0.25) is 47.3 Å². The number of H-pyrrole nitrogens is 3. The van der Waals surface area contributed by atoms with Gasteiger partial charge in [-0.25, -0.2) is 4.79 Å². The van der Waals surface area contributed by atoms with E-state index in [4.69, 9.17) is 39.5 Å². The molecule has 3 heterocycles. The molecule has 26 N–H and O–H groups in total. The van der Waals surface area contributed by atoms with Crippen molar-refractivity contribution in [1.82, 2.24) is 68.1 Å². The predicted octanol–water partition coefficient (Wildman–Crippen LogP) is 1.72. The summed E-state index contributed by atoms with van der Waals surface area (Å²) in [7, 11) is 0. The molecule has 0 fully saturated rings. The summed E-state index contributed by atoms with van der Waals surface area (Å²) in [5.41, 5.74) is 34.7. The molecule has 0 unspecified atom stereocenters. The highest BCUT2D eigenvalue weighted by molar-refractivity contribution is 6.00. The summed E-state index contributed by atoms with van der Waals surface area (Å²) in [6, 6.07) is 27.5. The van der Waals surface area contributed by atoms with Crippen LogP contribution in [0.1, 0.15) is 92.0 Å². The summed E-state index contributed by atoms with van der Waals surface area (Å²) in [5.74, 6) is -8.31. The fourth-order valence-electron chi connectivity index (χ4n) is 12.5. The van der Waals surface area contributed by atoms with Crippen LogP contribution in [0, 0.1) is 10.8 Å². The van der Waals surface area contributed by atoms with Gasteiger partial charge in [-0.3, -0.25) is 49.2 Å². The number of hydrogen-bond acceptors (Lipinski definition) is 14. The number of para-hydroxylation sites is 3. The summed E-state index contributed by atoms with van der Waals surface area (Å²) in [4.78, 5) is 142. The van der Waals surface area contributed by atoms with Gasteiger partial charge in [-0.2, -0.15) is 0 Å². The van der Waals surface area contributed by atoms with Gasteiger partial charge in [-0.15, -0.1) is 0 Å². The number of aliphatic carboxylic acids is 1. The number of guanidine groups is 2. The average molecular weight is 1440 g/mol. The van der Waals surface area contributed by atoms with Gasteiger partial charge >= 0.3 is 5.97 Å². The third kappa shape index (κ3) is 24.3. The minimum absolute atomic E-state index is 0.00243. The first-order valence-corrected chi connectivity index (χ1v) is 35.4. The monoisotopic (exact) mass is 1440 g/mol. The minimum atomic E-state index is -1.50. The van der Waals surface area contributed by atoms with Crippen LogP contribution in [0.15, 0.2) is 152 Å². The molecule has 5 aromatic carbocycles. The van der Waals surface area contributed by atoms with Crippen molar-refractivity contribution in [2.45, 2.75) is 151 Å². The normalized spacial score (nSPS) is 13.8. The van der Waals surface area contributed by atoms with Gasteiger partial charge in [-0.1, -0.05) is 115 Å². The maximum absolute atomic E-state index is 15.6. The lowest BCUT2D eigenvalue weighted by molar-refractivity contribution is -0.142. The van der Waals surface area contributed by atoms with Crippen LogP contribution in [0.5, 0.6) is 0 Å². The maximum atomic E-state index is 15.6. The van der Waals surface area contributed by atoms with Crippen LogP contribution in [0.3, 0.4) is 0 Å². The van der Waals surface area contributed by atoms with Crippen LogP contribution >= 0.6 is 0 Å². The van der Waals surface area contributed by atoms with Crippen molar-refractivity contribution < 1.29 is 48.3 Å². The van der Waals surface area contributed by atoms with Gasteiger partial charge in [0.1, 0.15) is 48.3 Å². The van der Waals surface area contributed by atoms with Crippen LogP contribution < -0.4 is 81.8 Å². The largest absolute Gasteiger partial charge is 0.480 e. The predicted molar refractivity (Wildman–Crippen MR) is 401 cm³/mol. The Morgan fingerprint density at radius 2 is 0.638 bits per heavy atom. The standard InChI is InChI=1S/C75H98N20O10/c76-33-15-13-29-57(67(98)93-63(40-48-43-86-55-27-11-8-24-51(48)55)71(102)92-61(38-46-21-5-2-6-22-46)69(100)91-60(73(104)105)30-14-16-34-77)90-70(101)62(39-47-42-85-54-26-10-7-23-50(47)54)95-72(103)64(41-49-44-87-56-28-12-9-25-52(49)56)94-68(99)59(32-18-36-84-75(81)82)89-66(97)58(31-17-35-83-74(79)80)88-65(96)53(78)37-45-19-3-1-4-20-45/h1-12,19-28,42-44,53,57-64,85-87H,13-18,29-41,76-78H2,(H,88,96)(H,89,97)(H,90,101)(H,91,100)(H,92,102)(H,93,98)(H,94,99)(H,95,103)(H,104,105)(H4,79,80,83)(H4,81,82,84)/t53-,57-,58-,59-,60-,61-,62-,63-,64-/m0/s1. The van der Waals surface area contributed by atoms with E-state index in [1.807, 2.05) is 84.9 Å². The van der Waals surface area contributed by atoms with E-state index >= 15 is 24.0 Å². The topological polar surface area (TPSA) is 519 Å². The molecule has 30 nitrogen and oxygen atoms in total. The number of rotatable bonds is 43. The number of carbonyl (C=O) groups is 9. The molecular formula is C75H98N20O10. The van der Waals surface area contributed by atoms with Gasteiger partial charge in [0, 0.05) is 90.1 Å². The number of benzene rings is 5. The van der Waals surface area contributed by atoms with Gasteiger partial charge in [0.05, 0.1) is 6.04 Å². The second-order valence-electron chi connectivity index (χ2n) is 26.0. The fraction of sp³-hybridized carbons (Fsp3) is 0.373. The van der Waals surface area contributed by atoms with E-state index in [0.29, 0.717) is 76.3 Å². The quantitative estimate of drug-likeness (QED) is 0.0147. The summed E-state index contributed by atoms with van der Waals surface area (Å²) >= 11 is 0. The Bertz CT molecular complexity index is 4240. The van der Waals surface area contributed by atoms with Crippen molar-refractivity contribution in [3.63, 3.8) is 0 Å². The lowest BCUT2D eigenvalue weighted by Gasteiger charge is -2.28. The number of carboxylic acids is 1. The molecule has 0 aliphatic heterocycles. The van der Waals surface area contributed by atoms with Crippen LogP contribution in [0.25, 0.3) is 32.7 Å². The highest BCUT2D eigenvalue weighted by Gasteiger charge is 2.37. The molecule has 3 aromatic heterocycles. The molecule has 8 rings (SSSR count). The van der Waals surface area contributed by atoms with Crippen molar-refractivity contribution >= 4 is 97.9 Å². The molecule has 0 bridgehead atoms. The zero-order valence-corrected chi connectivity index (χ0v) is 58.6. The molecule has 558 valence electrons. The van der Waals surface area contributed by atoms with E-state index in [2.05, 4.69) is 68.1 Å². The van der Waals surface area contributed by atoms with Crippen molar-refractivity contribution in [3.8, 4) is 0 Å². The Kier molecular flexibility index (Phi) is 30.3. The van der Waals surface area contributed by atoms with Crippen LogP contribution in [0.2, 0.25) is 0 Å². The Morgan fingerprint density at radius 1 is 0.352 bits per heavy atom. The number of carbonyl (C=O) groups excluding carboxylic acids is 8. The number of nitrogens with two attached hydrogens (primary N) is 5. The molecule has 105 heavy (non-hydrogen) atoms. The van der Waals surface area contributed by atoms with E-state index in [1.54, 1.807) is 67.1 Å². The molecule has 0 radical (unpaired) electrons. The van der Waals surface area contributed by atoms with Crippen LogP contribution in [-0.2, 0) is 75.3 Å². The average Bonchev–Trinajstić information content (AvgIpc) is 1.73. The number of amides is 8. The third-order valence-corrected chi connectivity index (χ3v) is 18.1. The fourth-order valence-corrected chi connectivity index (χ4v) is 12.5. The van der Waals surface area contributed by atoms with Gasteiger partial charge in [-0.05, 0) is 130 Å². The number of fused-ring (bicyclic) bond motifs is 3. The summed E-state index contributed by atoms with van der Waals surface area (Å²) in [6.07, 6.45) is 6.64. The molecular weight excluding hydrogens is 1340 g/mol. The lowest BCUT2D eigenvalue weighted by Crippen LogP contribution is -2.61. The van der Waals surface area contributed by atoms with Crippen LogP contribution in [-0.4, -0.2) is 166 Å². The second-order valence-corrected chi connectivity index (χ2v) is 26.0. The minimum Gasteiger partial charge on any atom is -0.480 e. The summed E-state index contributed by atoms with van der Waals surface area (Å²) in [6.45, 7) is 0.777. The summed E-state index contributed by atoms with van der Waals surface area (Å²) < 4.78 is 0. The zero-order valence-electron chi connectivity index (χ0n) is 58.6. The molecule has 0 saturated heterocycles. The number of carboxylic acid groups (broad SMARTS) is 1. The van der Waals surface area contributed by atoms with E-state index in [0.717, 1.165) is 16.5 Å². The highest BCUT2D eigenvalue weighted by atomic mass is 16.4. The third-order valence-electron chi connectivity index (χ3n) is 18.1. The smallest absolute Gasteiger partial charge is 0.326 e. The molecule has 8 aromatic rings. The SMILES string of the molecule is N=C(N)NCCC[C@H](NC(=O)[C@H](CCCNC(=N)N)NC(=O)[C@@H](N)Cc1ccccc1)C(=O)N[C@@H](Cc1c[nH]c2ccccc12)C(=O)N[C@@H](Cc1c[nH]c2ccccc12)C(=O)N[C@@H](CCCCN)C(=O)N[C@@H](Cc1c[nH]c2ccccc12)C(=O)N[C@@H](Cc1ccccc1)C(=O)N[C@@H](CCCCN)C(=O)O. The lowest BCUT2D eigenvalue weighted by atomic mass is 9.99. The van der Waals surface area contributed by atoms with Crippen molar-refractivity contribution in [1.29, 1.82) is 10.8 Å². The molecule has 30 heteroatoms. The second kappa shape index (κ2) is 40.3. The Balaban J connectivity index is 1.11. The van der Waals surface area contributed by atoms with E-state index in [-0.39, 0.29) is 102 Å². The summed E-state index contributed by atoms with van der Waals surface area (Å²) in [5, 5.41) is 55.8. The van der Waals surface area contributed by atoms with Crippen molar-refractivity contribution in [2.75, 3.05) is 26.2 Å². The number of hydrogen-bond donors (Lipinski definition) is 21. The number of aromatic nitrogens is 3. The first-order chi connectivity index (χ1) is 50.7. The molecule has 8 amide bonds. The van der Waals surface area contributed by atoms with Gasteiger partial charge in [0.25, 0.3) is 0 Å².